The van der Waals surface area contributed by atoms with Gasteiger partial charge in [-0.15, -0.1) is 0 Å². The van der Waals surface area contributed by atoms with Crippen molar-refractivity contribution in [2.24, 2.45) is 0 Å². The molecule has 1 amide bonds. The molecule has 2 rings (SSSR count). The predicted molar refractivity (Wildman–Crippen MR) is 86.4 cm³/mol. The Kier molecular flexibility index (Phi) is 5.41. The fraction of sp³-hybridized carbons (Fsp3) is 0.125. The van der Waals surface area contributed by atoms with E-state index in [0.29, 0.717) is 10.7 Å². The van der Waals surface area contributed by atoms with E-state index in [4.69, 9.17) is 27.9 Å². The van der Waals surface area contributed by atoms with Gasteiger partial charge in [0.25, 0.3) is 5.91 Å². The maximum absolute atomic E-state index is 12.0. The number of ether oxygens (including phenoxy) is 1. The zero-order chi connectivity index (χ0) is 16.1. The third-order valence-electron chi connectivity index (χ3n) is 2.86. The summed E-state index contributed by atoms with van der Waals surface area (Å²) in [7, 11) is 0. The lowest BCUT2D eigenvalue weighted by Crippen LogP contribution is -2.30. The number of esters is 1. The summed E-state index contributed by atoms with van der Waals surface area (Å²) in [5.41, 5.74) is 0.783. The molecule has 1 unspecified atom stereocenters. The van der Waals surface area contributed by atoms with Crippen LogP contribution in [0.4, 0.5) is 5.69 Å². The van der Waals surface area contributed by atoms with Crippen molar-refractivity contribution in [3.63, 3.8) is 0 Å². The highest BCUT2D eigenvalue weighted by atomic mass is 35.5. The summed E-state index contributed by atoms with van der Waals surface area (Å²) in [6, 6.07) is 13.1. The molecule has 0 spiro atoms. The van der Waals surface area contributed by atoms with Crippen molar-refractivity contribution in [3.8, 4) is 0 Å². The molecule has 0 aromatic heterocycles. The van der Waals surface area contributed by atoms with Gasteiger partial charge in [0.2, 0.25) is 0 Å². The van der Waals surface area contributed by atoms with Gasteiger partial charge >= 0.3 is 5.97 Å². The van der Waals surface area contributed by atoms with E-state index in [-0.39, 0.29) is 10.6 Å². The molecule has 0 bridgehead atoms. The fourth-order valence-corrected chi connectivity index (χ4v) is 2.02. The molecular weight excluding hydrogens is 325 g/mol. The number of rotatable bonds is 4. The second-order valence-corrected chi connectivity index (χ2v) is 5.37. The van der Waals surface area contributed by atoms with E-state index in [0.717, 1.165) is 0 Å². The summed E-state index contributed by atoms with van der Waals surface area (Å²) in [6.07, 6.45) is -0.959. The highest BCUT2D eigenvalue weighted by Gasteiger charge is 2.20. The van der Waals surface area contributed by atoms with Crippen molar-refractivity contribution in [2.75, 3.05) is 5.32 Å². The van der Waals surface area contributed by atoms with Crippen LogP contribution in [0.2, 0.25) is 10.0 Å². The first kappa shape index (κ1) is 16.3. The number of carbonyl (C=O) groups excluding carboxylic acids is 2. The molecule has 4 nitrogen and oxygen atoms in total. The molecule has 22 heavy (non-hydrogen) atoms. The number of nitrogens with one attached hydrogen (secondary N) is 1. The lowest BCUT2D eigenvalue weighted by Gasteiger charge is -2.14. The molecular formula is C16H13Cl2NO3. The molecule has 0 aliphatic rings. The van der Waals surface area contributed by atoms with Crippen LogP contribution in [0, 0.1) is 0 Å². The zero-order valence-electron chi connectivity index (χ0n) is 11.7. The second kappa shape index (κ2) is 7.29. The standard InChI is InChI=1S/C16H13Cl2NO3/c1-10(15(20)19-12-8-6-11(17)7-9-12)22-16(21)13-4-2-3-5-14(13)18/h2-10H,1H3,(H,19,20). The molecule has 0 aliphatic heterocycles. The SMILES string of the molecule is CC(OC(=O)c1ccccc1Cl)C(=O)Nc1ccc(Cl)cc1. The Bertz CT molecular complexity index is 686. The van der Waals surface area contributed by atoms with E-state index in [1.165, 1.54) is 13.0 Å². The molecule has 1 atom stereocenters. The van der Waals surface area contributed by atoms with Crippen LogP contribution < -0.4 is 5.32 Å². The van der Waals surface area contributed by atoms with Gasteiger partial charge in [-0.25, -0.2) is 4.79 Å². The first-order valence-corrected chi connectivity index (χ1v) is 7.25. The minimum absolute atomic E-state index is 0.218. The van der Waals surface area contributed by atoms with Gasteiger partial charge < -0.3 is 10.1 Å². The molecule has 0 radical (unpaired) electrons. The molecule has 0 fully saturated rings. The zero-order valence-corrected chi connectivity index (χ0v) is 13.2. The summed E-state index contributed by atoms with van der Waals surface area (Å²) in [6.45, 7) is 1.49. The van der Waals surface area contributed by atoms with Crippen LogP contribution in [0.5, 0.6) is 0 Å². The Labute approximate surface area is 138 Å². The Morgan fingerprint density at radius 1 is 1.05 bits per heavy atom. The minimum atomic E-state index is -0.959. The lowest BCUT2D eigenvalue weighted by molar-refractivity contribution is -0.123. The van der Waals surface area contributed by atoms with Crippen LogP contribution >= 0.6 is 23.2 Å². The van der Waals surface area contributed by atoms with Crippen molar-refractivity contribution in [2.45, 2.75) is 13.0 Å². The highest BCUT2D eigenvalue weighted by Crippen LogP contribution is 2.17. The maximum atomic E-state index is 12.0. The fourth-order valence-electron chi connectivity index (χ4n) is 1.68. The summed E-state index contributed by atoms with van der Waals surface area (Å²) >= 11 is 11.7. The van der Waals surface area contributed by atoms with Crippen LogP contribution in [0.25, 0.3) is 0 Å². The van der Waals surface area contributed by atoms with Gasteiger partial charge in [0.1, 0.15) is 0 Å². The number of hydrogen-bond acceptors (Lipinski definition) is 3. The van der Waals surface area contributed by atoms with Gasteiger partial charge in [-0.05, 0) is 43.3 Å². The number of amides is 1. The summed E-state index contributed by atoms with van der Waals surface area (Å²) < 4.78 is 5.11. The lowest BCUT2D eigenvalue weighted by atomic mass is 10.2. The maximum Gasteiger partial charge on any atom is 0.340 e. The summed E-state index contributed by atoms with van der Waals surface area (Å²) in [5.74, 6) is -1.09. The van der Waals surface area contributed by atoms with Crippen molar-refractivity contribution < 1.29 is 14.3 Å². The van der Waals surface area contributed by atoms with Crippen LogP contribution in [0.15, 0.2) is 48.5 Å². The number of halogens is 2. The highest BCUT2D eigenvalue weighted by molar-refractivity contribution is 6.33. The summed E-state index contributed by atoms with van der Waals surface area (Å²) in [5, 5.41) is 3.47. The van der Waals surface area contributed by atoms with Crippen LogP contribution in [0.3, 0.4) is 0 Å². The Hall–Kier alpha value is -2.04. The van der Waals surface area contributed by atoms with Crippen LogP contribution in [-0.2, 0) is 9.53 Å². The predicted octanol–water partition coefficient (Wildman–Crippen LogP) is 4.18. The Balaban J connectivity index is 1.98. The van der Waals surface area contributed by atoms with Gasteiger partial charge in [-0.1, -0.05) is 35.3 Å². The molecule has 0 heterocycles. The number of carbonyl (C=O) groups is 2. The average Bonchev–Trinajstić information content (AvgIpc) is 2.49. The van der Waals surface area contributed by atoms with Crippen molar-refractivity contribution in [1.29, 1.82) is 0 Å². The first-order valence-electron chi connectivity index (χ1n) is 6.49. The molecule has 114 valence electrons. The first-order chi connectivity index (χ1) is 10.5. The van der Waals surface area contributed by atoms with Gasteiger partial charge in [0.05, 0.1) is 10.6 Å². The molecule has 6 heteroatoms. The average molecular weight is 338 g/mol. The van der Waals surface area contributed by atoms with Crippen molar-refractivity contribution in [3.05, 3.63) is 64.1 Å². The number of hydrogen-bond donors (Lipinski definition) is 1. The van der Waals surface area contributed by atoms with E-state index in [1.807, 2.05) is 0 Å². The van der Waals surface area contributed by atoms with E-state index >= 15 is 0 Å². The van der Waals surface area contributed by atoms with Gasteiger partial charge in [-0.3, -0.25) is 4.79 Å². The smallest absolute Gasteiger partial charge is 0.340 e. The van der Waals surface area contributed by atoms with Gasteiger partial charge in [0.15, 0.2) is 6.10 Å². The topological polar surface area (TPSA) is 55.4 Å². The van der Waals surface area contributed by atoms with E-state index in [1.54, 1.807) is 42.5 Å². The molecule has 2 aromatic rings. The van der Waals surface area contributed by atoms with E-state index in [9.17, 15) is 9.59 Å². The molecule has 0 aliphatic carbocycles. The molecule has 2 aromatic carbocycles. The molecule has 0 saturated heterocycles. The minimum Gasteiger partial charge on any atom is -0.449 e. The van der Waals surface area contributed by atoms with E-state index < -0.39 is 18.0 Å². The Morgan fingerprint density at radius 3 is 2.32 bits per heavy atom. The Morgan fingerprint density at radius 2 is 1.68 bits per heavy atom. The van der Waals surface area contributed by atoms with Gasteiger partial charge in [-0.2, -0.15) is 0 Å². The van der Waals surface area contributed by atoms with Gasteiger partial charge in [0, 0.05) is 10.7 Å². The summed E-state index contributed by atoms with van der Waals surface area (Å²) in [4.78, 5) is 24.0. The normalized spacial score (nSPS) is 11.6. The largest absolute Gasteiger partial charge is 0.449 e. The number of benzene rings is 2. The monoisotopic (exact) mass is 337 g/mol. The third kappa shape index (κ3) is 4.23. The van der Waals surface area contributed by atoms with Crippen molar-refractivity contribution >= 4 is 40.8 Å². The third-order valence-corrected chi connectivity index (χ3v) is 3.44. The van der Waals surface area contributed by atoms with Crippen LogP contribution in [-0.4, -0.2) is 18.0 Å². The van der Waals surface area contributed by atoms with Crippen molar-refractivity contribution in [1.82, 2.24) is 0 Å². The second-order valence-electron chi connectivity index (χ2n) is 4.52. The van der Waals surface area contributed by atoms with E-state index in [2.05, 4.69) is 5.32 Å². The number of anilines is 1. The molecule has 0 saturated carbocycles. The van der Waals surface area contributed by atoms with Crippen LogP contribution in [0.1, 0.15) is 17.3 Å². The molecule has 1 N–H and O–H groups in total. The quantitative estimate of drug-likeness (QED) is 0.851.